The Balaban J connectivity index is 1.61. The van der Waals surface area contributed by atoms with Crippen molar-refractivity contribution in [3.05, 3.63) is 84.9 Å². The van der Waals surface area contributed by atoms with Crippen LogP contribution in [0.15, 0.2) is 79.3 Å². The lowest BCUT2D eigenvalue weighted by atomic mass is 10.2. The number of benzene rings is 1. The monoisotopic (exact) mass is 329 g/mol. The average Bonchev–Trinajstić information content (AvgIpc) is 3.08. The fourth-order valence-electron chi connectivity index (χ4n) is 2.60. The highest BCUT2D eigenvalue weighted by Gasteiger charge is 2.13. The first-order valence-electron chi connectivity index (χ1n) is 7.81. The van der Waals surface area contributed by atoms with Crippen LogP contribution in [0.5, 0.6) is 0 Å². The third-order valence-corrected chi connectivity index (χ3v) is 3.79. The Morgan fingerprint density at radius 2 is 1.64 bits per heavy atom. The molecule has 0 bridgehead atoms. The lowest BCUT2D eigenvalue weighted by Gasteiger charge is -2.13. The van der Waals surface area contributed by atoms with E-state index in [-0.39, 0.29) is 5.91 Å². The van der Waals surface area contributed by atoms with Gasteiger partial charge in [-0.15, -0.1) is 0 Å². The molecule has 1 aromatic carbocycles. The van der Waals surface area contributed by atoms with E-state index in [1.54, 1.807) is 29.2 Å². The predicted octanol–water partition coefficient (Wildman–Crippen LogP) is 3.73. The summed E-state index contributed by atoms with van der Waals surface area (Å²) in [5, 5.41) is 10.5. The Morgan fingerprint density at radius 3 is 2.48 bits per heavy atom. The largest absolute Gasteiger partial charge is 0.354 e. The number of nitrogens with zero attached hydrogens (tertiary/aromatic N) is 3. The van der Waals surface area contributed by atoms with Crippen molar-refractivity contribution in [2.75, 3.05) is 10.6 Å². The minimum Gasteiger partial charge on any atom is -0.354 e. The highest BCUT2D eigenvalue weighted by Crippen LogP contribution is 2.25. The molecule has 0 aliphatic heterocycles. The Labute approximate surface area is 144 Å². The van der Waals surface area contributed by atoms with Crippen molar-refractivity contribution in [2.24, 2.45) is 0 Å². The summed E-state index contributed by atoms with van der Waals surface area (Å²) in [7, 11) is 0. The molecule has 0 fully saturated rings. The smallest absolute Gasteiger partial charge is 0.274 e. The molecule has 6 heteroatoms. The number of para-hydroxylation sites is 2. The zero-order chi connectivity index (χ0) is 17.1. The molecule has 25 heavy (non-hydrogen) atoms. The molecule has 0 aliphatic carbocycles. The van der Waals surface area contributed by atoms with E-state index >= 15 is 0 Å². The maximum absolute atomic E-state index is 12.7. The Bertz CT molecular complexity index is 1030. The van der Waals surface area contributed by atoms with Gasteiger partial charge >= 0.3 is 0 Å². The van der Waals surface area contributed by atoms with Gasteiger partial charge in [0.2, 0.25) is 0 Å². The van der Waals surface area contributed by atoms with Crippen LogP contribution in [0.4, 0.5) is 17.1 Å². The SMILES string of the molecule is O=C(Nc1ccccc1Nc1ccncc1)c1ccc2cccnn12. The van der Waals surface area contributed by atoms with Gasteiger partial charge in [-0.2, -0.15) is 5.10 Å². The minimum absolute atomic E-state index is 0.220. The van der Waals surface area contributed by atoms with E-state index in [9.17, 15) is 4.79 Å². The molecule has 0 radical (unpaired) electrons. The Kier molecular flexibility index (Phi) is 3.84. The normalized spacial score (nSPS) is 10.6. The van der Waals surface area contributed by atoms with Crippen molar-refractivity contribution >= 4 is 28.5 Å². The van der Waals surface area contributed by atoms with Crippen LogP contribution in [0, 0.1) is 0 Å². The van der Waals surface area contributed by atoms with E-state index in [2.05, 4.69) is 20.7 Å². The molecule has 4 aromatic rings. The van der Waals surface area contributed by atoms with E-state index in [1.165, 1.54) is 0 Å². The van der Waals surface area contributed by atoms with Gasteiger partial charge in [-0.3, -0.25) is 9.78 Å². The van der Waals surface area contributed by atoms with Gasteiger partial charge in [-0.1, -0.05) is 12.1 Å². The van der Waals surface area contributed by atoms with Gasteiger partial charge < -0.3 is 10.6 Å². The summed E-state index contributed by atoms with van der Waals surface area (Å²) in [5.41, 5.74) is 3.74. The zero-order valence-electron chi connectivity index (χ0n) is 13.3. The fourth-order valence-corrected chi connectivity index (χ4v) is 2.60. The molecule has 2 N–H and O–H groups in total. The lowest BCUT2D eigenvalue weighted by molar-refractivity contribution is 0.102. The summed E-state index contributed by atoms with van der Waals surface area (Å²) in [5.74, 6) is -0.220. The van der Waals surface area contributed by atoms with Crippen molar-refractivity contribution in [2.45, 2.75) is 0 Å². The van der Waals surface area contributed by atoms with Crippen LogP contribution in [-0.2, 0) is 0 Å². The first-order valence-corrected chi connectivity index (χ1v) is 7.81. The topological polar surface area (TPSA) is 71.3 Å². The van der Waals surface area contributed by atoms with E-state index in [1.807, 2.05) is 54.6 Å². The third-order valence-electron chi connectivity index (χ3n) is 3.79. The molecule has 1 amide bonds. The van der Waals surface area contributed by atoms with Crippen molar-refractivity contribution < 1.29 is 4.79 Å². The van der Waals surface area contributed by atoms with E-state index in [4.69, 9.17) is 0 Å². The number of fused-ring (bicyclic) bond motifs is 1. The van der Waals surface area contributed by atoms with Gasteiger partial charge in [0.1, 0.15) is 5.69 Å². The van der Waals surface area contributed by atoms with Gasteiger partial charge in [-0.25, -0.2) is 4.52 Å². The molecule has 3 heterocycles. The molecular weight excluding hydrogens is 314 g/mol. The first-order chi connectivity index (χ1) is 12.3. The van der Waals surface area contributed by atoms with Crippen LogP contribution in [0.25, 0.3) is 5.52 Å². The average molecular weight is 329 g/mol. The summed E-state index contributed by atoms with van der Waals surface area (Å²) in [6.07, 6.45) is 5.08. The quantitative estimate of drug-likeness (QED) is 0.598. The van der Waals surface area contributed by atoms with Crippen molar-refractivity contribution in [3.8, 4) is 0 Å². The third kappa shape index (κ3) is 3.05. The molecule has 6 nitrogen and oxygen atoms in total. The molecule has 0 atom stereocenters. The van der Waals surface area contributed by atoms with Crippen LogP contribution in [0.2, 0.25) is 0 Å². The van der Waals surface area contributed by atoms with Crippen molar-refractivity contribution in [1.29, 1.82) is 0 Å². The van der Waals surface area contributed by atoms with Crippen LogP contribution >= 0.6 is 0 Å². The molecule has 3 aromatic heterocycles. The number of hydrogen-bond acceptors (Lipinski definition) is 4. The first kappa shape index (κ1) is 14.9. The van der Waals surface area contributed by atoms with Crippen molar-refractivity contribution in [3.63, 3.8) is 0 Å². The second-order valence-electron chi connectivity index (χ2n) is 5.44. The van der Waals surface area contributed by atoms with Gasteiger partial charge in [0.25, 0.3) is 5.91 Å². The fraction of sp³-hybridized carbons (Fsp3) is 0. The molecule has 0 unspecified atom stereocenters. The van der Waals surface area contributed by atoms with E-state index in [0.29, 0.717) is 11.4 Å². The summed E-state index contributed by atoms with van der Waals surface area (Å²) < 4.78 is 1.62. The minimum atomic E-state index is -0.220. The number of carbonyl (C=O) groups is 1. The molecule has 0 spiro atoms. The Hall–Kier alpha value is -3.67. The summed E-state index contributed by atoms with van der Waals surface area (Å²) >= 11 is 0. The number of nitrogens with one attached hydrogen (secondary N) is 2. The summed E-state index contributed by atoms with van der Waals surface area (Å²) in [4.78, 5) is 16.7. The second-order valence-corrected chi connectivity index (χ2v) is 5.44. The van der Waals surface area contributed by atoms with Gasteiger partial charge in [0.05, 0.1) is 16.9 Å². The Morgan fingerprint density at radius 1 is 0.840 bits per heavy atom. The molecule has 4 rings (SSSR count). The van der Waals surface area contributed by atoms with Gasteiger partial charge in [-0.05, 0) is 48.5 Å². The number of anilines is 3. The zero-order valence-corrected chi connectivity index (χ0v) is 13.3. The van der Waals surface area contributed by atoms with Crippen LogP contribution in [0.1, 0.15) is 10.5 Å². The van der Waals surface area contributed by atoms with Gasteiger partial charge in [0, 0.05) is 24.3 Å². The number of aromatic nitrogens is 3. The van der Waals surface area contributed by atoms with E-state index in [0.717, 1.165) is 16.9 Å². The second kappa shape index (κ2) is 6.45. The highest BCUT2D eigenvalue weighted by atomic mass is 16.2. The van der Waals surface area contributed by atoms with Crippen LogP contribution in [0.3, 0.4) is 0 Å². The standard InChI is InChI=1S/C19H15N5O/c25-19(18-8-7-15-4-3-11-21-24(15)18)23-17-6-2-1-5-16(17)22-14-9-12-20-13-10-14/h1-13H,(H,20,22)(H,23,25). The maximum Gasteiger partial charge on any atom is 0.274 e. The predicted molar refractivity (Wildman–Crippen MR) is 97.1 cm³/mol. The van der Waals surface area contributed by atoms with Gasteiger partial charge in [0.15, 0.2) is 0 Å². The molecule has 122 valence electrons. The molecule has 0 aliphatic rings. The van der Waals surface area contributed by atoms with E-state index < -0.39 is 0 Å². The molecule has 0 saturated carbocycles. The maximum atomic E-state index is 12.7. The lowest BCUT2D eigenvalue weighted by Crippen LogP contribution is -2.16. The summed E-state index contributed by atoms with van der Waals surface area (Å²) in [6.45, 7) is 0. The number of carbonyl (C=O) groups excluding carboxylic acids is 1. The highest BCUT2D eigenvalue weighted by molar-refractivity contribution is 6.05. The number of amides is 1. The number of rotatable bonds is 4. The molecular formula is C19H15N5O. The van der Waals surface area contributed by atoms with Crippen LogP contribution < -0.4 is 10.6 Å². The molecule has 0 saturated heterocycles. The summed E-state index contributed by atoms with van der Waals surface area (Å²) in [6, 6.07) is 18.6. The van der Waals surface area contributed by atoms with Crippen LogP contribution in [-0.4, -0.2) is 20.5 Å². The van der Waals surface area contributed by atoms with Crippen molar-refractivity contribution in [1.82, 2.24) is 14.6 Å². The number of pyridine rings is 1. The number of hydrogen-bond donors (Lipinski definition) is 2.